The fourth-order valence-electron chi connectivity index (χ4n) is 2.94. The van der Waals surface area contributed by atoms with Crippen molar-refractivity contribution in [3.63, 3.8) is 0 Å². The van der Waals surface area contributed by atoms with Crippen LogP contribution in [0, 0.1) is 5.92 Å². The van der Waals surface area contributed by atoms with Crippen LogP contribution in [-0.4, -0.2) is 49.6 Å². The number of hydrogen-bond acceptors (Lipinski definition) is 3. The van der Waals surface area contributed by atoms with Crippen molar-refractivity contribution in [2.45, 2.75) is 25.8 Å². The second kappa shape index (κ2) is 10.2. The number of carbonyl (C=O) groups is 2. The van der Waals surface area contributed by atoms with Crippen molar-refractivity contribution in [3.8, 4) is 0 Å². The topological polar surface area (TPSA) is 73.5 Å². The SMILES string of the molecule is CNCC1CCCN(C(=O)C(C)NC(=O)Nc2ccccc2)C1.Cl. The van der Waals surface area contributed by atoms with E-state index in [0.717, 1.165) is 32.5 Å². The lowest BCUT2D eigenvalue weighted by Gasteiger charge is -2.34. The normalized spacial score (nSPS) is 18.2. The number of likely N-dealkylation sites (tertiary alicyclic amines) is 1. The molecular formula is C17H27ClN4O2. The van der Waals surface area contributed by atoms with Crippen molar-refractivity contribution in [2.24, 2.45) is 5.92 Å². The lowest BCUT2D eigenvalue weighted by Crippen LogP contribution is -2.51. The summed E-state index contributed by atoms with van der Waals surface area (Å²) in [4.78, 5) is 26.3. The molecule has 1 aromatic carbocycles. The highest BCUT2D eigenvalue weighted by molar-refractivity contribution is 5.93. The summed E-state index contributed by atoms with van der Waals surface area (Å²) in [6.45, 7) is 4.17. The first kappa shape index (κ1) is 20.3. The first-order chi connectivity index (χ1) is 11.1. The Labute approximate surface area is 149 Å². The number of hydrogen-bond donors (Lipinski definition) is 3. The van der Waals surface area contributed by atoms with Gasteiger partial charge in [-0.15, -0.1) is 12.4 Å². The molecule has 0 radical (unpaired) electrons. The Morgan fingerprint density at radius 2 is 2.00 bits per heavy atom. The zero-order valence-corrected chi connectivity index (χ0v) is 15.1. The van der Waals surface area contributed by atoms with E-state index < -0.39 is 6.04 Å². The van der Waals surface area contributed by atoms with Crippen molar-refractivity contribution < 1.29 is 9.59 Å². The van der Waals surface area contributed by atoms with Crippen molar-refractivity contribution in [1.29, 1.82) is 0 Å². The number of nitrogens with one attached hydrogen (secondary N) is 3. The fraction of sp³-hybridized carbons (Fsp3) is 0.529. The number of amides is 3. The molecule has 1 fully saturated rings. The molecule has 0 spiro atoms. The summed E-state index contributed by atoms with van der Waals surface area (Å²) in [5, 5.41) is 8.61. The molecule has 2 unspecified atom stereocenters. The smallest absolute Gasteiger partial charge is 0.319 e. The summed E-state index contributed by atoms with van der Waals surface area (Å²) in [5.74, 6) is 0.470. The molecule has 0 bridgehead atoms. The van der Waals surface area contributed by atoms with Crippen LogP contribution in [0.15, 0.2) is 30.3 Å². The molecule has 134 valence electrons. The monoisotopic (exact) mass is 354 g/mol. The maximum absolute atomic E-state index is 12.5. The van der Waals surface area contributed by atoms with Crippen LogP contribution >= 0.6 is 12.4 Å². The van der Waals surface area contributed by atoms with Gasteiger partial charge in [0, 0.05) is 18.8 Å². The van der Waals surface area contributed by atoms with Crippen LogP contribution < -0.4 is 16.0 Å². The molecule has 1 aliphatic heterocycles. The van der Waals surface area contributed by atoms with Crippen molar-refractivity contribution in [1.82, 2.24) is 15.5 Å². The summed E-state index contributed by atoms with van der Waals surface area (Å²) < 4.78 is 0. The maximum Gasteiger partial charge on any atom is 0.319 e. The molecular weight excluding hydrogens is 328 g/mol. The first-order valence-electron chi connectivity index (χ1n) is 8.16. The lowest BCUT2D eigenvalue weighted by atomic mass is 9.97. The predicted octanol–water partition coefficient (Wildman–Crippen LogP) is 2.08. The largest absolute Gasteiger partial charge is 0.341 e. The second-order valence-electron chi connectivity index (χ2n) is 6.04. The molecule has 6 nitrogen and oxygen atoms in total. The lowest BCUT2D eigenvalue weighted by molar-refractivity contribution is -0.134. The quantitative estimate of drug-likeness (QED) is 0.758. The van der Waals surface area contributed by atoms with Crippen LogP contribution in [0.3, 0.4) is 0 Å². The van der Waals surface area contributed by atoms with E-state index in [1.807, 2.05) is 30.1 Å². The molecule has 24 heavy (non-hydrogen) atoms. The first-order valence-corrected chi connectivity index (χ1v) is 8.16. The summed E-state index contributed by atoms with van der Waals surface area (Å²) in [6.07, 6.45) is 2.15. The number of anilines is 1. The van der Waals surface area contributed by atoms with Crippen LogP contribution in [-0.2, 0) is 4.79 Å². The Hall–Kier alpha value is -1.79. The van der Waals surface area contributed by atoms with E-state index in [2.05, 4.69) is 16.0 Å². The van der Waals surface area contributed by atoms with Crippen LogP contribution in [0.1, 0.15) is 19.8 Å². The van der Waals surface area contributed by atoms with Gasteiger partial charge in [-0.3, -0.25) is 4.79 Å². The minimum Gasteiger partial charge on any atom is -0.341 e. The van der Waals surface area contributed by atoms with Crippen LogP contribution in [0.25, 0.3) is 0 Å². The Kier molecular flexibility index (Phi) is 8.57. The van der Waals surface area contributed by atoms with E-state index in [9.17, 15) is 9.59 Å². The summed E-state index contributed by atoms with van der Waals surface area (Å²) in [6, 6.07) is 8.29. The second-order valence-corrected chi connectivity index (χ2v) is 6.04. The molecule has 1 heterocycles. The molecule has 7 heteroatoms. The van der Waals surface area contributed by atoms with Gasteiger partial charge >= 0.3 is 6.03 Å². The zero-order chi connectivity index (χ0) is 16.7. The van der Waals surface area contributed by atoms with E-state index in [4.69, 9.17) is 0 Å². The molecule has 1 aliphatic rings. The van der Waals surface area contributed by atoms with Gasteiger partial charge in [0.1, 0.15) is 6.04 Å². The number of carbonyl (C=O) groups excluding carboxylic acids is 2. The molecule has 1 aromatic rings. The minimum atomic E-state index is -0.535. The van der Waals surface area contributed by atoms with Gasteiger partial charge in [-0.05, 0) is 51.4 Å². The van der Waals surface area contributed by atoms with Gasteiger partial charge in [0.2, 0.25) is 5.91 Å². The minimum absolute atomic E-state index is 0. The Morgan fingerprint density at radius 1 is 1.29 bits per heavy atom. The molecule has 2 rings (SSSR count). The van der Waals surface area contributed by atoms with E-state index >= 15 is 0 Å². The van der Waals surface area contributed by atoms with Gasteiger partial charge in [0.25, 0.3) is 0 Å². The van der Waals surface area contributed by atoms with Crippen molar-refractivity contribution in [3.05, 3.63) is 30.3 Å². The fourth-order valence-corrected chi connectivity index (χ4v) is 2.94. The molecule has 3 N–H and O–H groups in total. The number of nitrogens with zero attached hydrogens (tertiary/aromatic N) is 1. The molecule has 1 saturated heterocycles. The van der Waals surface area contributed by atoms with E-state index in [0.29, 0.717) is 11.6 Å². The maximum atomic E-state index is 12.5. The average molecular weight is 355 g/mol. The van der Waals surface area contributed by atoms with Crippen molar-refractivity contribution in [2.75, 3.05) is 32.0 Å². The van der Waals surface area contributed by atoms with E-state index in [-0.39, 0.29) is 24.3 Å². The molecule has 2 atom stereocenters. The number of rotatable bonds is 5. The zero-order valence-electron chi connectivity index (χ0n) is 14.2. The number of halogens is 1. The van der Waals surface area contributed by atoms with Gasteiger partial charge in [0.05, 0.1) is 0 Å². The number of urea groups is 1. The molecule has 0 saturated carbocycles. The summed E-state index contributed by atoms with van der Waals surface area (Å²) >= 11 is 0. The van der Waals surface area contributed by atoms with Gasteiger partial charge in [0.15, 0.2) is 0 Å². The van der Waals surface area contributed by atoms with Gasteiger partial charge in [-0.25, -0.2) is 4.79 Å². The standard InChI is InChI=1S/C17H26N4O2.ClH/c1-13(19-17(23)20-15-8-4-3-5-9-15)16(22)21-10-6-7-14(12-21)11-18-2;/h3-5,8-9,13-14,18H,6-7,10-12H2,1-2H3,(H2,19,20,23);1H. The summed E-state index contributed by atoms with van der Waals surface area (Å²) in [7, 11) is 1.93. The van der Waals surface area contributed by atoms with Crippen LogP contribution in [0.2, 0.25) is 0 Å². The number of para-hydroxylation sites is 1. The average Bonchev–Trinajstić information content (AvgIpc) is 2.55. The third kappa shape index (κ3) is 6.02. The predicted molar refractivity (Wildman–Crippen MR) is 98.5 cm³/mol. The van der Waals surface area contributed by atoms with Crippen LogP contribution in [0.4, 0.5) is 10.5 Å². The number of benzene rings is 1. The molecule has 0 aliphatic carbocycles. The highest BCUT2D eigenvalue weighted by Crippen LogP contribution is 2.16. The van der Waals surface area contributed by atoms with Crippen molar-refractivity contribution >= 4 is 30.0 Å². The molecule has 0 aromatic heterocycles. The van der Waals surface area contributed by atoms with E-state index in [1.165, 1.54) is 0 Å². The summed E-state index contributed by atoms with van der Waals surface area (Å²) in [5.41, 5.74) is 0.705. The Morgan fingerprint density at radius 3 is 2.67 bits per heavy atom. The van der Waals surface area contributed by atoms with Gasteiger partial charge in [-0.2, -0.15) is 0 Å². The van der Waals surface area contributed by atoms with Crippen LogP contribution in [0.5, 0.6) is 0 Å². The highest BCUT2D eigenvalue weighted by atomic mass is 35.5. The van der Waals surface area contributed by atoms with Gasteiger partial charge in [-0.1, -0.05) is 18.2 Å². The Balaban J connectivity index is 0.00000288. The Bertz CT molecular complexity index is 525. The molecule has 3 amide bonds. The third-order valence-corrected chi connectivity index (χ3v) is 4.07. The highest BCUT2D eigenvalue weighted by Gasteiger charge is 2.27. The number of piperidine rings is 1. The third-order valence-electron chi connectivity index (χ3n) is 4.07. The van der Waals surface area contributed by atoms with Gasteiger partial charge < -0.3 is 20.9 Å². The van der Waals surface area contributed by atoms with E-state index in [1.54, 1.807) is 19.1 Å².